The molecule has 1 aromatic carbocycles. The maximum Gasteiger partial charge on any atom is 0.0655 e. The third-order valence-electron chi connectivity index (χ3n) is 1.02. The first kappa shape index (κ1) is 11.1. The van der Waals surface area contributed by atoms with Crippen LogP contribution in [0.4, 0.5) is 11.4 Å². The molecule has 0 saturated heterocycles. The van der Waals surface area contributed by atoms with Gasteiger partial charge in [0.2, 0.25) is 0 Å². The van der Waals surface area contributed by atoms with Crippen molar-refractivity contribution < 1.29 is 0 Å². The van der Waals surface area contributed by atoms with Gasteiger partial charge in [-0.3, -0.25) is 0 Å². The van der Waals surface area contributed by atoms with E-state index in [0.717, 1.165) is 0 Å². The van der Waals surface area contributed by atoms with Gasteiger partial charge in [-0.25, -0.2) is 0 Å². The highest BCUT2D eigenvalue weighted by Gasteiger charge is 1.92. The van der Waals surface area contributed by atoms with Crippen LogP contribution in [0.3, 0.4) is 0 Å². The van der Waals surface area contributed by atoms with Gasteiger partial charge in [0.25, 0.3) is 0 Å². The Morgan fingerprint density at radius 2 is 1.75 bits per heavy atom. The number of rotatable bonds is 0. The molecular weight excluding hydrogens is 172 g/mol. The van der Waals surface area contributed by atoms with Gasteiger partial charge in [0.1, 0.15) is 0 Å². The predicted octanol–water partition coefficient (Wildman–Crippen LogP) is 2.92. The molecule has 0 bridgehead atoms. The van der Waals surface area contributed by atoms with Crippen molar-refractivity contribution in [3.05, 3.63) is 23.2 Å². The van der Waals surface area contributed by atoms with Crippen molar-refractivity contribution in [3.63, 3.8) is 0 Å². The summed E-state index contributed by atoms with van der Waals surface area (Å²) < 4.78 is 0. The van der Waals surface area contributed by atoms with Gasteiger partial charge in [-0.2, -0.15) is 0 Å². The Morgan fingerprint density at radius 1 is 1.25 bits per heavy atom. The Balaban J connectivity index is 0.000000354. The molecule has 3 heteroatoms. The molecule has 1 aromatic rings. The van der Waals surface area contributed by atoms with Gasteiger partial charge in [0.15, 0.2) is 0 Å². The van der Waals surface area contributed by atoms with Crippen molar-refractivity contribution in [2.75, 3.05) is 11.5 Å². The van der Waals surface area contributed by atoms with Gasteiger partial charge in [-0.15, -0.1) is 0 Å². The van der Waals surface area contributed by atoms with Crippen LogP contribution in [0.1, 0.15) is 20.3 Å². The summed E-state index contributed by atoms with van der Waals surface area (Å²) in [5.74, 6) is 0. The molecule has 0 aromatic heterocycles. The minimum absolute atomic E-state index is 0.509. The maximum absolute atomic E-state index is 5.61. The van der Waals surface area contributed by atoms with E-state index in [2.05, 4.69) is 13.8 Å². The standard InChI is InChI=1S/C6H7ClN2.C3H8/c7-5-3-4(8)1-2-6(5)9;1-3-2/h1-3H,8-9H2;3H2,1-2H3. The largest absolute Gasteiger partial charge is 0.399 e. The predicted molar refractivity (Wildman–Crippen MR) is 56.2 cm³/mol. The van der Waals surface area contributed by atoms with E-state index >= 15 is 0 Å². The fraction of sp³-hybridized carbons (Fsp3) is 0.333. The van der Waals surface area contributed by atoms with Crippen molar-refractivity contribution >= 4 is 23.0 Å². The molecule has 1 rings (SSSR count). The van der Waals surface area contributed by atoms with Crippen LogP contribution >= 0.6 is 11.6 Å². The van der Waals surface area contributed by atoms with Crippen LogP contribution in [0.2, 0.25) is 5.02 Å². The second-order valence-electron chi connectivity index (χ2n) is 2.49. The smallest absolute Gasteiger partial charge is 0.0655 e. The molecule has 4 N–H and O–H groups in total. The summed E-state index contributed by atoms with van der Waals surface area (Å²) in [4.78, 5) is 0. The van der Waals surface area contributed by atoms with E-state index in [9.17, 15) is 0 Å². The van der Waals surface area contributed by atoms with E-state index in [1.165, 1.54) is 6.42 Å². The maximum atomic E-state index is 5.61. The number of nitrogens with two attached hydrogens (primary N) is 2. The van der Waals surface area contributed by atoms with Crippen molar-refractivity contribution in [2.45, 2.75) is 20.3 Å². The number of anilines is 2. The van der Waals surface area contributed by atoms with Crippen LogP contribution in [0, 0.1) is 0 Å². The fourth-order valence-electron chi connectivity index (χ4n) is 0.543. The Labute approximate surface area is 78.5 Å². The molecule has 12 heavy (non-hydrogen) atoms. The average Bonchev–Trinajstić information content (AvgIpc) is 1.99. The molecule has 0 unspecified atom stereocenters. The summed E-state index contributed by atoms with van der Waals surface area (Å²) in [7, 11) is 0. The number of halogens is 1. The lowest BCUT2D eigenvalue weighted by Gasteiger charge is -1.96. The summed E-state index contributed by atoms with van der Waals surface area (Å²) in [5.41, 5.74) is 12.0. The molecule has 0 aliphatic heterocycles. The summed E-state index contributed by atoms with van der Waals surface area (Å²) >= 11 is 5.61. The quantitative estimate of drug-likeness (QED) is 0.613. The normalized spacial score (nSPS) is 8.58. The van der Waals surface area contributed by atoms with Gasteiger partial charge < -0.3 is 11.5 Å². The number of hydrogen-bond donors (Lipinski definition) is 2. The highest BCUT2D eigenvalue weighted by Crippen LogP contribution is 2.20. The zero-order valence-electron chi connectivity index (χ0n) is 7.47. The van der Waals surface area contributed by atoms with Crippen molar-refractivity contribution in [1.82, 2.24) is 0 Å². The van der Waals surface area contributed by atoms with Gasteiger partial charge in [0, 0.05) is 5.69 Å². The molecule has 0 spiro atoms. The van der Waals surface area contributed by atoms with Gasteiger partial charge in [0.05, 0.1) is 10.7 Å². The number of hydrogen-bond acceptors (Lipinski definition) is 2. The van der Waals surface area contributed by atoms with Crippen LogP contribution in [0.5, 0.6) is 0 Å². The minimum Gasteiger partial charge on any atom is -0.399 e. The van der Waals surface area contributed by atoms with Gasteiger partial charge in [-0.05, 0) is 18.2 Å². The number of benzene rings is 1. The molecule has 0 atom stereocenters. The van der Waals surface area contributed by atoms with Crippen molar-refractivity contribution in [3.8, 4) is 0 Å². The van der Waals surface area contributed by atoms with E-state index in [1.807, 2.05) is 0 Å². The van der Waals surface area contributed by atoms with E-state index in [-0.39, 0.29) is 0 Å². The van der Waals surface area contributed by atoms with Crippen LogP contribution < -0.4 is 11.5 Å². The van der Waals surface area contributed by atoms with Crippen molar-refractivity contribution in [2.24, 2.45) is 0 Å². The Hall–Kier alpha value is -0.890. The highest BCUT2D eigenvalue weighted by atomic mass is 35.5. The molecule has 0 aliphatic carbocycles. The first-order chi connectivity index (χ1) is 5.61. The van der Waals surface area contributed by atoms with Crippen LogP contribution in [-0.2, 0) is 0 Å². The Bertz CT molecular complexity index is 236. The Morgan fingerprint density at radius 3 is 2.08 bits per heavy atom. The molecule has 0 heterocycles. The van der Waals surface area contributed by atoms with E-state index < -0.39 is 0 Å². The molecule has 0 aliphatic rings. The minimum atomic E-state index is 0.509. The molecule has 68 valence electrons. The zero-order valence-corrected chi connectivity index (χ0v) is 8.23. The summed E-state index contributed by atoms with van der Waals surface area (Å²) in [5, 5.41) is 0.509. The lowest BCUT2D eigenvalue weighted by molar-refractivity contribution is 1.09. The molecule has 0 amide bonds. The third kappa shape index (κ3) is 4.09. The Kier molecular flexibility index (Phi) is 5.30. The lowest BCUT2D eigenvalue weighted by Crippen LogP contribution is -1.88. The SMILES string of the molecule is CCC.Nc1ccc(N)c(Cl)c1. The molecule has 0 saturated carbocycles. The zero-order chi connectivity index (χ0) is 9.56. The average molecular weight is 187 g/mol. The van der Waals surface area contributed by atoms with Crippen LogP contribution in [0.25, 0.3) is 0 Å². The van der Waals surface area contributed by atoms with Crippen molar-refractivity contribution in [1.29, 1.82) is 0 Å². The van der Waals surface area contributed by atoms with Crippen LogP contribution in [0.15, 0.2) is 18.2 Å². The summed E-state index contributed by atoms with van der Waals surface area (Å²) in [6.07, 6.45) is 1.25. The second kappa shape index (κ2) is 5.72. The fourth-order valence-corrected chi connectivity index (χ4v) is 0.732. The summed E-state index contributed by atoms with van der Waals surface area (Å²) in [6, 6.07) is 5.01. The lowest BCUT2D eigenvalue weighted by atomic mass is 10.3. The van der Waals surface area contributed by atoms with Gasteiger partial charge in [-0.1, -0.05) is 31.9 Å². The third-order valence-corrected chi connectivity index (χ3v) is 1.35. The highest BCUT2D eigenvalue weighted by molar-refractivity contribution is 6.33. The topological polar surface area (TPSA) is 52.0 Å². The first-order valence-electron chi connectivity index (χ1n) is 3.92. The molecule has 0 radical (unpaired) electrons. The van der Waals surface area contributed by atoms with E-state index in [4.69, 9.17) is 23.1 Å². The molecule has 2 nitrogen and oxygen atoms in total. The van der Waals surface area contributed by atoms with E-state index in [0.29, 0.717) is 16.4 Å². The molecular formula is C9H15ClN2. The first-order valence-corrected chi connectivity index (χ1v) is 4.30. The summed E-state index contributed by atoms with van der Waals surface area (Å²) in [6.45, 7) is 4.25. The van der Waals surface area contributed by atoms with Crippen LogP contribution in [-0.4, -0.2) is 0 Å². The number of nitrogen functional groups attached to an aromatic ring is 2. The van der Waals surface area contributed by atoms with E-state index in [1.54, 1.807) is 18.2 Å². The molecule has 0 fully saturated rings. The monoisotopic (exact) mass is 186 g/mol. The second-order valence-corrected chi connectivity index (χ2v) is 2.90. The van der Waals surface area contributed by atoms with Gasteiger partial charge >= 0.3 is 0 Å².